The summed E-state index contributed by atoms with van der Waals surface area (Å²) in [6, 6.07) is 22.0. The monoisotopic (exact) mass is 390 g/mol. The number of anilines is 1. The van der Waals surface area contributed by atoms with Crippen molar-refractivity contribution in [1.82, 2.24) is 0 Å². The van der Waals surface area contributed by atoms with Crippen molar-refractivity contribution in [2.24, 2.45) is 5.16 Å². The number of carbonyl (C=O) groups excluding carboxylic acids is 1. The smallest absolute Gasteiger partial charge is 0.255 e. The van der Waals surface area contributed by atoms with E-state index in [0.29, 0.717) is 17.1 Å². The van der Waals surface area contributed by atoms with Crippen LogP contribution < -0.4 is 14.8 Å². The van der Waals surface area contributed by atoms with Crippen LogP contribution in [0.15, 0.2) is 78.0 Å². The maximum absolute atomic E-state index is 12.4. The third kappa shape index (κ3) is 5.59. The number of hydrogen-bond donors (Lipinski definition) is 1. The molecule has 1 amide bonds. The topological polar surface area (TPSA) is 69.1 Å². The Labute approximate surface area is 169 Å². The van der Waals surface area contributed by atoms with Crippen LogP contribution in [0.4, 0.5) is 5.69 Å². The van der Waals surface area contributed by atoms with Gasteiger partial charge in [0.15, 0.2) is 0 Å². The Bertz CT molecular complexity index is 987. The minimum atomic E-state index is -0.178. The van der Waals surface area contributed by atoms with Crippen LogP contribution in [0.2, 0.25) is 0 Å². The van der Waals surface area contributed by atoms with Gasteiger partial charge in [0.05, 0.1) is 20.4 Å². The second kappa shape index (κ2) is 9.94. The van der Waals surface area contributed by atoms with Crippen molar-refractivity contribution in [1.29, 1.82) is 0 Å². The lowest BCUT2D eigenvalue weighted by Gasteiger charge is -2.07. The summed E-state index contributed by atoms with van der Waals surface area (Å²) < 4.78 is 10.5. The van der Waals surface area contributed by atoms with E-state index in [2.05, 4.69) is 10.5 Å². The minimum Gasteiger partial charge on any atom is -0.497 e. The summed E-state index contributed by atoms with van der Waals surface area (Å²) in [6.45, 7) is 0.231. The van der Waals surface area contributed by atoms with Gasteiger partial charge < -0.3 is 19.6 Å². The van der Waals surface area contributed by atoms with Crippen molar-refractivity contribution in [2.75, 3.05) is 19.5 Å². The molecule has 3 rings (SSSR count). The van der Waals surface area contributed by atoms with E-state index in [9.17, 15) is 4.79 Å². The van der Waals surface area contributed by atoms with E-state index in [0.717, 1.165) is 16.8 Å². The van der Waals surface area contributed by atoms with Gasteiger partial charge in [-0.25, -0.2) is 0 Å². The largest absolute Gasteiger partial charge is 0.497 e. The zero-order valence-corrected chi connectivity index (χ0v) is 16.3. The number of methoxy groups -OCH3 is 2. The molecular formula is C23H22N2O4. The fraction of sp³-hybridized carbons (Fsp3) is 0.130. The molecule has 29 heavy (non-hydrogen) atoms. The van der Waals surface area contributed by atoms with E-state index in [1.165, 1.54) is 0 Å². The Balaban J connectivity index is 1.61. The average Bonchev–Trinajstić information content (AvgIpc) is 2.77. The molecule has 0 radical (unpaired) electrons. The molecule has 0 fully saturated rings. The molecule has 148 valence electrons. The molecule has 3 aromatic carbocycles. The summed E-state index contributed by atoms with van der Waals surface area (Å²) in [5.74, 6) is 1.18. The van der Waals surface area contributed by atoms with E-state index >= 15 is 0 Å². The van der Waals surface area contributed by atoms with E-state index in [1.54, 1.807) is 44.7 Å². The minimum absolute atomic E-state index is 0.178. The van der Waals surface area contributed by atoms with Gasteiger partial charge in [-0.2, -0.15) is 0 Å². The number of ether oxygens (including phenoxy) is 2. The maximum atomic E-state index is 12.4. The highest BCUT2D eigenvalue weighted by molar-refractivity contribution is 6.04. The van der Waals surface area contributed by atoms with Gasteiger partial charge in [0.2, 0.25) is 0 Å². The second-order valence-electron chi connectivity index (χ2n) is 6.14. The van der Waals surface area contributed by atoms with Gasteiger partial charge >= 0.3 is 0 Å². The first-order valence-electron chi connectivity index (χ1n) is 9.02. The third-order valence-corrected chi connectivity index (χ3v) is 4.16. The standard InChI is InChI=1S/C23H22N2O4/c1-27-21-11-12-22(28-2)19(14-21)15-24-29-16-17-7-6-8-18(13-17)23(26)25-20-9-4-3-5-10-20/h3-15H,16H2,1-2H3,(H,25,26). The Kier molecular flexibility index (Phi) is 6.84. The van der Waals surface area contributed by atoms with Crippen molar-refractivity contribution < 1.29 is 19.1 Å². The predicted molar refractivity (Wildman–Crippen MR) is 113 cm³/mol. The summed E-state index contributed by atoms with van der Waals surface area (Å²) in [6.07, 6.45) is 1.56. The van der Waals surface area contributed by atoms with Gasteiger partial charge in [0, 0.05) is 16.8 Å². The molecular weight excluding hydrogens is 368 g/mol. The summed E-state index contributed by atoms with van der Waals surface area (Å²) >= 11 is 0. The Morgan fingerprint density at radius 2 is 1.79 bits per heavy atom. The van der Waals surface area contributed by atoms with Crippen molar-refractivity contribution in [3.05, 3.63) is 89.5 Å². The number of nitrogens with one attached hydrogen (secondary N) is 1. The molecule has 0 unspecified atom stereocenters. The lowest BCUT2D eigenvalue weighted by atomic mass is 10.1. The summed E-state index contributed by atoms with van der Waals surface area (Å²) in [4.78, 5) is 17.8. The number of nitrogens with zero attached hydrogens (tertiary/aromatic N) is 1. The van der Waals surface area contributed by atoms with Crippen molar-refractivity contribution in [2.45, 2.75) is 6.61 Å². The fourth-order valence-corrected chi connectivity index (χ4v) is 2.67. The third-order valence-electron chi connectivity index (χ3n) is 4.16. The Morgan fingerprint density at radius 1 is 0.966 bits per heavy atom. The number of carbonyl (C=O) groups is 1. The SMILES string of the molecule is COc1ccc(OC)c(C=NOCc2cccc(C(=O)Nc3ccccc3)c2)c1. The van der Waals surface area contributed by atoms with Gasteiger partial charge in [-0.15, -0.1) is 0 Å². The molecule has 0 aliphatic rings. The lowest BCUT2D eigenvalue weighted by molar-refractivity contribution is 0.102. The van der Waals surface area contributed by atoms with Crippen LogP contribution in [-0.4, -0.2) is 26.3 Å². The maximum Gasteiger partial charge on any atom is 0.255 e. The average molecular weight is 390 g/mol. The van der Waals surface area contributed by atoms with Crippen LogP contribution in [0.5, 0.6) is 11.5 Å². The van der Waals surface area contributed by atoms with Gasteiger partial charge in [0.1, 0.15) is 18.1 Å². The normalized spacial score (nSPS) is 10.6. The molecule has 3 aromatic rings. The summed E-state index contributed by atoms with van der Waals surface area (Å²) in [5.41, 5.74) is 2.87. The number of benzene rings is 3. The summed E-state index contributed by atoms with van der Waals surface area (Å²) in [7, 11) is 3.19. The van der Waals surface area contributed by atoms with E-state index in [-0.39, 0.29) is 12.5 Å². The Hall–Kier alpha value is -3.80. The van der Waals surface area contributed by atoms with Crippen LogP contribution in [0.1, 0.15) is 21.5 Å². The number of hydrogen-bond acceptors (Lipinski definition) is 5. The van der Waals surface area contributed by atoms with Crippen LogP contribution >= 0.6 is 0 Å². The zero-order chi connectivity index (χ0) is 20.5. The van der Waals surface area contributed by atoms with Gasteiger partial charge in [-0.3, -0.25) is 4.79 Å². The van der Waals surface area contributed by atoms with Crippen LogP contribution in [0, 0.1) is 0 Å². The van der Waals surface area contributed by atoms with Crippen LogP contribution in [0.3, 0.4) is 0 Å². The molecule has 0 bridgehead atoms. The first-order chi connectivity index (χ1) is 14.2. The molecule has 0 aliphatic heterocycles. The Morgan fingerprint density at radius 3 is 2.55 bits per heavy atom. The number of amides is 1. The summed E-state index contributed by atoms with van der Waals surface area (Å²) in [5, 5.41) is 6.86. The molecule has 6 nitrogen and oxygen atoms in total. The van der Waals surface area contributed by atoms with Gasteiger partial charge in [-0.1, -0.05) is 35.5 Å². The zero-order valence-electron chi connectivity index (χ0n) is 16.3. The number of para-hydroxylation sites is 1. The van der Waals surface area contributed by atoms with Crippen LogP contribution in [-0.2, 0) is 11.4 Å². The highest BCUT2D eigenvalue weighted by atomic mass is 16.6. The molecule has 0 aliphatic carbocycles. The lowest BCUT2D eigenvalue weighted by Crippen LogP contribution is -2.12. The van der Waals surface area contributed by atoms with E-state index in [4.69, 9.17) is 14.3 Å². The van der Waals surface area contributed by atoms with Gasteiger partial charge in [-0.05, 0) is 48.0 Å². The van der Waals surface area contributed by atoms with Gasteiger partial charge in [0.25, 0.3) is 5.91 Å². The number of rotatable bonds is 8. The number of oxime groups is 1. The van der Waals surface area contributed by atoms with Crippen molar-refractivity contribution in [3.63, 3.8) is 0 Å². The highest BCUT2D eigenvalue weighted by Crippen LogP contribution is 2.22. The molecule has 0 saturated heterocycles. The molecule has 0 heterocycles. The fourth-order valence-electron chi connectivity index (χ4n) is 2.67. The van der Waals surface area contributed by atoms with Crippen LogP contribution in [0.25, 0.3) is 0 Å². The first-order valence-corrected chi connectivity index (χ1v) is 9.02. The molecule has 1 N–H and O–H groups in total. The van der Waals surface area contributed by atoms with E-state index in [1.807, 2.05) is 48.5 Å². The van der Waals surface area contributed by atoms with E-state index < -0.39 is 0 Å². The van der Waals surface area contributed by atoms with Crippen molar-refractivity contribution >= 4 is 17.8 Å². The quantitative estimate of drug-likeness (QED) is 0.454. The first kappa shape index (κ1) is 19.9. The van der Waals surface area contributed by atoms with Crippen molar-refractivity contribution in [3.8, 4) is 11.5 Å². The second-order valence-corrected chi connectivity index (χ2v) is 6.14. The molecule has 0 saturated carbocycles. The predicted octanol–water partition coefficient (Wildman–Crippen LogP) is 4.51. The molecule has 0 spiro atoms. The molecule has 0 aromatic heterocycles. The molecule has 6 heteroatoms. The highest BCUT2D eigenvalue weighted by Gasteiger charge is 2.07. The molecule has 0 atom stereocenters.